The quantitative estimate of drug-likeness (QED) is 0.827. The maximum Gasteiger partial charge on any atom is 0.416 e. The minimum atomic E-state index is -4.33. The van der Waals surface area contributed by atoms with E-state index in [1.54, 1.807) is 0 Å². The van der Waals surface area contributed by atoms with E-state index in [-0.39, 0.29) is 18.4 Å². The van der Waals surface area contributed by atoms with E-state index in [1.165, 1.54) is 12.1 Å². The van der Waals surface area contributed by atoms with Gasteiger partial charge in [-0.25, -0.2) is 0 Å². The summed E-state index contributed by atoms with van der Waals surface area (Å²) in [5, 5.41) is 0. The molecule has 0 aromatic heterocycles. The average molecular weight is 285 g/mol. The molecule has 0 N–H and O–H groups in total. The van der Waals surface area contributed by atoms with Gasteiger partial charge < -0.3 is 4.90 Å². The second-order valence-electron chi connectivity index (χ2n) is 5.50. The summed E-state index contributed by atoms with van der Waals surface area (Å²) in [7, 11) is 0. The molecule has 110 valence electrons. The van der Waals surface area contributed by atoms with Crippen molar-refractivity contribution in [3.05, 3.63) is 35.4 Å². The molecule has 1 saturated carbocycles. The number of amides is 1. The highest BCUT2D eigenvalue weighted by molar-refractivity contribution is 5.79. The largest absolute Gasteiger partial charge is 0.416 e. The van der Waals surface area contributed by atoms with E-state index in [1.807, 2.05) is 18.7 Å². The molecule has 5 heteroatoms. The lowest BCUT2D eigenvalue weighted by Crippen LogP contribution is -2.39. The van der Waals surface area contributed by atoms with Crippen LogP contribution in [-0.2, 0) is 17.4 Å². The fourth-order valence-corrected chi connectivity index (χ4v) is 2.34. The van der Waals surface area contributed by atoms with Crippen LogP contribution < -0.4 is 0 Å². The molecule has 1 aliphatic rings. The maximum atomic E-state index is 12.5. The molecule has 0 bridgehead atoms. The average Bonchev–Trinajstić information content (AvgIpc) is 3.12. The number of carbonyl (C=O) groups is 1. The molecule has 0 atom stereocenters. The third-order valence-corrected chi connectivity index (χ3v) is 3.42. The van der Waals surface area contributed by atoms with Crippen molar-refractivity contribution in [2.45, 2.75) is 51.4 Å². The van der Waals surface area contributed by atoms with Gasteiger partial charge in [-0.3, -0.25) is 4.79 Å². The van der Waals surface area contributed by atoms with Gasteiger partial charge in [0.2, 0.25) is 5.91 Å². The lowest BCUT2D eigenvalue weighted by atomic mass is 10.1. The number of halogens is 3. The molecule has 1 aromatic carbocycles. The monoisotopic (exact) mass is 285 g/mol. The van der Waals surface area contributed by atoms with Gasteiger partial charge in [0, 0.05) is 12.1 Å². The summed E-state index contributed by atoms with van der Waals surface area (Å²) >= 11 is 0. The van der Waals surface area contributed by atoms with Crippen molar-refractivity contribution in [1.29, 1.82) is 0 Å². The third-order valence-electron chi connectivity index (χ3n) is 3.42. The first-order valence-electron chi connectivity index (χ1n) is 6.76. The predicted octanol–water partition coefficient (Wildman–Crippen LogP) is 3.65. The lowest BCUT2D eigenvalue weighted by Gasteiger charge is -2.26. The summed E-state index contributed by atoms with van der Waals surface area (Å²) < 4.78 is 37.4. The van der Waals surface area contributed by atoms with Crippen molar-refractivity contribution < 1.29 is 18.0 Å². The van der Waals surface area contributed by atoms with Crippen molar-refractivity contribution >= 4 is 5.91 Å². The van der Waals surface area contributed by atoms with Gasteiger partial charge in [-0.05, 0) is 44.4 Å². The van der Waals surface area contributed by atoms with E-state index in [2.05, 4.69) is 0 Å². The standard InChI is InChI=1S/C15H18F3NO/c1-10(2)19(13-7-8-13)14(20)9-11-3-5-12(6-4-11)15(16,17)18/h3-6,10,13H,7-9H2,1-2H3. The van der Waals surface area contributed by atoms with E-state index in [4.69, 9.17) is 0 Å². The van der Waals surface area contributed by atoms with Crippen LogP contribution in [0.1, 0.15) is 37.8 Å². The smallest absolute Gasteiger partial charge is 0.337 e. The molecule has 2 rings (SSSR count). The minimum absolute atomic E-state index is 0.0118. The second kappa shape index (κ2) is 5.46. The molecule has 1 aliphatic carbocycles. The van der Waals surface area contributed by atoms with Crippen LogP contribution in [0.3, 0.4) is 0 Å². The van der Waals surface area contributed by atoms with Gasteiger partial charge in [0.05, 0.1) is 12.0 Å². The molecule has 0 aliphatic heterocycles. The van der Waals surface area contributed by atoms with E-state index < -0.39 is 11.7 Å². The number of nitrogens with zero attached hydrogens (tertiary/aromatic N) is 1. The van der Waals surface area contributed by atoms with Crippen LogP contribution in [0.4, 0.5) is 13.2 Å². The molecule has 2 nitrogen and oxygen atoms in total. The minimum Gasteiger partial charge on any atom is -0.337 e. The number of hydrogen-bond donors (Lipinski definition) is 0. The zero-order valence-corrected chi connectivity index (χ0v) is 11.6. The van der Waals surface area contributed by atoms with Crippen molar-refractivity contribution in [3.8, 4) is 0 Å². The maximum absolute atomic E-state index is 12.5. The molecule has 0 saturated heterocycles. The van der Waals surface area contributed by atoms with Gasteiger partial charge in [0.1, 0.15) is 0 Å². The van der Waals surface area contributed by atoms with Crippen LogP contribution >= 0.6 is 0 Å². The molecular weight excluding hydrogens is 267 g/mol. The fourth-order valence-electron chi connectivity index (χ4n) is 2.34. The van der Waals surface area contributed by atoms with Crippen molar-refractivity contribution in [3.63, 3.8) is 0 Å². The van der Waals surface area contributed by atoms with Crippen molar-refractivity contribution in [1.82, 2.24) is 4.90 Å². The first-order valence-corrected chi connectivity index (χ1v) is 6.76. The highest BCUT2D eigenvalue weighted by atomic mass is 19.4. The van der Waals surface area contributed by atoms with Crippen molar-refractivity contribution in [2.75, 3.05) is 0 Å². The normalized spacial score (nSPS) is 15.5. The molecule has 0 heterocycles. The molecule has 20 heavy (non-hydrogen) atoms. The molecule has 0 unspecified atom stereocenters. The Balaban J connectivity index is 2.04. The molecule has 1 aromatic rings. The SMILES string of the molecule is CC(C)N(C(=O)Cc1ccc(C(F)(F)F)cc1)C1CC1. The number of hydrogen-bond acceptors (Lipinski definition) is 1. The van der Waals surface area contributed by atoms with Gasteiger partial charge in [0.25, 0.3) is 0 Å². The third kappa shape index (κ3) is 3.52. The second-order valence-corrected chi connectivity index (χ2v) is 5.50. The van der Waals surface area contributed by atoms with E-state index >= 15 is 0 Å². The molecule has 1 fully saturated rings. The van der Waals surface area contributed by atoms with Crippen LogP contribution in [0.25, 0.3) is 0 Å². The van der Waals surface area contributed by atoms with Crippen LogP contribution in [0.5, 0.6) is 0 Å². The van der Waals surface area contributed by atoms with Crippen LogP contribution in [0.15, 0.2) is 24.3 Å². The van der Waals surface area contributed by atoms with Gasteiger partial charge in [-0.15, -0.1) is 0 Å². The first-order chi connectivity index (χ1) is 9.29. The molecule has 0 radical (unpaired) electrons. The van der Waals surface area contributed by atoms with Gasteiger partial charge >= 0.3 is 6.18 Å². The number of alkyl halides is 3. The number of benzene rings is 1. The zero-order chi connectivity index (χ0) is 14.9. The van der Waals surface area contributed by atoms with Crippen LogP contribution in [0.2, 0.25) is 0 Å². The summed E-state index contributed by atoms with van der Waals surface area (Å²) in [6, 6.07) is 5.26. The summed E-state index contributed by atoms with van der Waals surface area (Å²) in [6.45, 7) is 3.92. The van der Waals surface area contributed by atoms with Gasteiger partial charge in [-0.1, -0.05) is 12.1 Å². The Morgan fingerprint density at radius 1 is 1.25 bits per heavy atom. The fraction of sp³-hybridized carbons (Fsp3) is 0.533. The Bertz CT molecular complexity index is 473. The van der Waals surface area contributed by atoms with Gasteiger partial charge in [-0.2, -0.15) is 13.2 Å². The Morgan fingerprint density at radius 2 is 1.80 bits per heavy atom. The Labute approximate surface area is 116 Å². The highest BCUT2D eigenvalue weighted by Gasteiger charge is 2.34. The molecule has 1 amide bonds. The van der Waals surface area contributed by atoms with E-state index in [9.17, 15) is 18.0 Å². The Kier molecular flexibility index (Phi) is 4.06. The summed E-state index contributed by atoms with van der Waals surface area (Å²) in [5.41, 5.74) is -0.0640. The van der Waals surface area contributed by atoms with Crippen molar-refractivity contribution in [2.24, 2.45) is 0 Å². The highest BCUT2D eigenvalue weighted by Crippen LogP contribution is 2.30. The first kappa shape index (κ1) is 14.9. The topological polar surface area (TPSA) is 20.3 Å². The van der Waals surface area contributed by atoms with Crippen LogP contribution in [0, 0.1) is 0 Å². The summed E-state index contributed by atoms with van der Waals surface area (Å²) in [5.74, 6) is -0.0118. The molecular formula is C15H18F3NO. The number of carbonyl (C=O) groups excluding carboxylic acids is 1. The predicted molar refractivity (Wildman–Crippen MR) is 70.2 cm³/mol. The van der Waals surface area contributed by atoms with Gasteiger partial charge in [0.15, 0.2) is 0 Å². The van der Waals surface area contributed by atoms with E-state index in [0.717, 1.165) is 25.0 Å². The Hall–Kier alpha value is -1.52. The lowest BCUT2D eigenvalue weighted by molar-refractivity contribution is -0.137. The molecule has 0 spiro atoms. The number of rotatable bonds is 4. The van der Waals surface area contributed by atoms with E-state index in [0.29, 0.717) is 11.6 Å². The van der Waals surface area contributed by atoms with Crippen LogP contribution in [-0.4, -0.2) is 22.9 Å². The summed E-state index contributed by atoms with van der Waals surface area (Å²) in [4.78, 5) is 14.1. The summed E-state index contributed by atoms with van der Waals surface area (Å²) in [6.07, 6.45) is -2.12. The zero-order valence-electron chi connectivity index (χ0n) is 11.6. The Morgan fingerprint density at radius 3 is 2.20 bits per heavy atom.